The van der Waals surface area contributed by atoms with E-state index >= 15 is 0 Å². The second-order valence-corrected chi connectivity index (χ2v) is 6.08. The molecular weight excluding hydrogens is 342 g/mol. The topological polar surface area (TPSA) is 30.5 Å². The van der Waals surface area contributed by atoms with Crippen molar-refractivity contribution in [2.45, 2.75) is 33.4 Å². The van der Waals surface area contributed by atoms with E-state index in [-0.39, 0.29) is 6.10 Å². The second kappa shape index (κ2) is 8.08. The van der Waals surface area contributed by atoms with Crippen LogP contribution in [-0.2, 0) is 6.54 Å². The average Bonchev–Trinajstić information content (AvgIpc) is 2.49. The van der Waals surface area contributed by atoms with Crippen molar-refractivity contribution in [1.29, 1.82) is 0 Å². The fraction of sp³-hybridized carbons (Fsp3) is 0.333. The molecule has 0 saturated heterocycles. The molecule has 118 valence electrons. The quantitative estimate of drug-likeness (QED) is 0.728. The molecule has 0 aromatic heterocycles. The molecule has 0 fully saturated rings. The van der Waals surface area contributed by atoms with Crippen molar-refractivity contribution in [2.24, 2.45) is 0 Å². The number of benzene rings is 2. The molecule has 2 aromatic rings. The predicted octanol–water partition coefficient (Wildman–Crippen LogP) is 5.25. The molecule has 0 radical (unpaired) electrons. The van der Waals surface area contributed by atoms with Crippen molar-refractivity contribution in [1.82, 2.24) is 0 Å². The van der Waals surface area contributed by atoms with E-state index in [4.69, 9.17) is 9.47 Å². The highest BCUT2D eigenvalue weighted by molar-refractivity contribution is 9.10. The lowest BCUT2D eigenvalue weighted by Crippen LogP contribution is -2.09. The zero-order chi connectivity index (χ0) is 15.9. The zero-order valence-corrected chi connectivity index (χ0v) is 14.8. The van der Waals surface area contributed by atoms with Crippen LogP contribution < -0.4 is 14.8 Å². The number of nitrogens with one attached hydrogen (secondary N) is 1. The van der Waals surface area contributed by atoms with Gasteiger partial charge in [0, 0.05) is 12.2 Å². The van der Waals surface area contributed by atoms with Crippen LogP contribution in [0, 0.1) is 0 Å². The molecular formula is C18H22BrNO2. The van der Waals surface area contributed by atoms with Gasteiger partial charge in [-0.25, -0.2) is 0 Å². The Balaban J connectivity index is 2.18. The molecule has 0 spiro atoms. The highest BCUT2D eigenvalue weighted by atomic mass is 79.9. The normalized spacial score (nSPS) is 10.6. The molecule has 4 heteroatoms. The van der Waals surface area contributed by atoms with E-state index in [0.29, 0.717) is 6.61 Å². The van der Waals surface area contributed by atoms with Gasteiger partial charge in [-0.3, -0.25) is 0 Å². The summed E-state index contributed by atoms with van der Waals surface area (Å²) in [7, 11) is 0. The van der Waals surface area contributed by atoms with Crippen LogP contribution in [0.25, 0.3) is 0 Å². The van der Waals surface area contributed by atoms with Crippen molar-refractivity contribution >= 4 is 21.6 Å². The van der Waals surface area contributed by atoms with Gasteiger partial charge in [0.15, 0.2) is 11.5 Å². The van der Waals surface area contributed by atoms with Gasteiger partial charge in [-0.2, -0.15) is 0 Å². The number of anilines is 1. The molecule has 0 aliphatic rings. The predicted molar refractivity (Wildman–Crippen MR) is 94.8 cm³/mol. The molecule has 2 aromatic carbocycles. The van der Waals surface area contributed by atoms with Gasteiger partial charge in [0.25, 0.3) is 0 Å². The SMILES string of the molecule is CCOc1cc(CNc2ccccc2)cc(Br)c1OC(C)C. The number of para-hydroxylation sites is 1. The Morgan fingerprint density at radius 3 is 2.50 bits per heavy atom. The summed E-state index contributed by atoms with van der Waals surface area (Å²) in [4.78, 5) is 0. The van der Waals surface area contributed by atoms with Crippen LogP contribution in [0.3, 0.4) is 0 Å². The second-order valence-electron chi connectivity index (χ2n) is 5.22. The smallest absolute Gasteiger partial charge is 0.175 e. The maximum atomic E-state index is 5.85. The van der Waals surface area contributed by atoms with Gasteiger partial charge in [-0.05, 0) is 66.5 Å². The van der Waals surface area contributed by atoms with Crippen LogP contribution in [0.4, 0.5) is 5.69 Å². The summed E-state index contributed by atoms with van der Waals surface area (Å²) in [5.74, 6) is 1.54. The molecule has 0 aliphatic heterocycles. The van der Waals surface area contributed by atoms with Crippen LogP contribution in [0.2, 0.25) is 0 Å². The molecule has 0 bridgehead atoms. The minimum absolute atomic E-state index is 0.101. The molecule has 0 amide bonds. The lowest BCUT2D eigenvalue weighted by Gasteiger charge is -2.18. The Hall–Kier alpha value is -1.68. The largest absolute Gasteiger partial charge is 0.490 e. The van der Waals surface area contributed by atoms with E-state index < -0.39 is 0 Å². The summed E-state index contributed by atoms with van der Waals surface area (Å²) >= 11 is 3.59. The molecule has 3 nitrogen and oxygen atoms in total. The Morgan fingerprint density at radius 2 is 1.86 bits per heavy atom. The summed E-state index contributed by atoms with van der Waals surface area (Å²) in [6.07, 6.45) is 0.101. The van der Waals surface area contributed by atoms with Crippen molar-refractivity contribution in [3.63, 3.8) is 0 Å². The van der Waals surface area contributed by atoms with Crippen LogP contribution in [0.15, 0.2) is 46.9 Å². The molecule has 0 heterocycles. The Morgan fingerprint density at radius 1 is 1.14 bits per heavy atom. The van der Waals surface area contributed by atoms with Crippen molar-refractivity contribution < 1.29 is 9.47 Å². The number of hydrogen-bond acceptors (Lipinski definition) is 3. The van der Waals surface area contributed by atoms with Gasteiger partial charge >= 0.3 is 0 Å². The first-order valence-electron chi connectivity index (χ1n) is 7.51. The lowest BCUT2D eigenvalue weighted by atomic mass is 10.2. The average molecular weight is 364 g/mol. The van der Waals surface area contributed by atoms with E-state index in [9.17, 15) is 0 Å². The number of ether oxygens (including phenoxy) is 2. The van der Waals surface area contributed by atoms with Gasteiger partial charge in [-0.1, -0.05) is 18.2 Å². The van der Waals surface area contributed by atoms with Gasteiger partial charge in [0.2, 0.25) is 0 Å². The third-order valence-electron chi connectivity index (χ3n) is 2.99. The molecule has 0 atom stereocenters. The first-order valence-corrected chi connectivity index (χ1v) is 8.30. The van der Waals surface area contributed by atoms with Gasteiger partial charge < -0.3 is 14.8 Å². The van der Waals surface area contributed by atoms with Crippen molar-refractivity contribution in [3.8, 4) is 11.5 Å². The van der Waals surface area contributed by atoms with Crippen LogP contribution in [-0.4, -0.2) is 12.7 Å². The first kappa shape index (κ1) is 16.7. The summed E-state index contributed by atoms with van der Waals surface area (Å²) in [6.45, 7) is 7.32. The maximum Gasteiger partial charge on any atom is 0.175 e. The molecule has 0 saturated carbocycles. The first-order chi connectivity index (χ1) is 10.6. The minimum atomic E-state index is 0.101. The summed E-state index contributed by atoms with van der Waals surface area (Å²) in [6, 6.07) is 14.2. The van der Waals surface area contributed by atoms with Crippen LogP contribution in [0.5, 0.6) is 11.5 Å². The van der Waals surface area contributed by atoms with E-state index in [1.165, 1.54) is 0 Å². The summed E-state index contributed by atoms with van der Waals surface area (Å²) in [5, 5.41) is 3.40. The van der Waals surface area contributed by atoms with Crippen molar-refractivity contribution in [2.75, 3.05) is 11.9 Å². The fourth-order valence-electron chi connectivity index (χ4n) is 2.10. The van der Waals surface area contributed by atoms with Crippen molar-refractivity contribution in [3.05, 3.63) is 52.5 Å². The van der Waals surface area contributed by atoms with Crippen LogP contribution in [0.1, 0.15) is 26.3 Å². The van der Waals surface area contributed by atoms with Crippen LogP contribution >= 0.6 is 15.9 Å². The summed E-state index contributed by atoms with van der Waals surface area (Å²) < 4.78 is 12.5. The minimum Gasteiger partial charge on any atom is -0.490 e. The molecule has 2 rings (SSSR count). The zero-order valence-electron chi connectivity index (χ0n) is 13.2. The van der Waals surface area contributed by atoms with E-state index in [2.05, 4.69) is 39.4 Å². The molecule has 22 heavy (non-hydrogen) atoms. The fourth-order valence-corrected chi connectivity index (χ4v) is 2.68. The highest BCUT2D eigenvalue weighted by Crippen LogP contribution is 2.37. The Kier molecular flexibility index (Phi) is 6.13. The van der Waals surface area contributed by atoms with E-state index in [1.54, 1.807) is 0 Å². The van der Waals surface area contributed by atoms with Gasteiger partial charge in [-0.15, -0.1) is 0 Å². The maximum absolute atomic E-state index is 5.85. The Bertz CT molecular complexity index is 600. The molecule has 0 unspecified atom stereocenters. The summed E-state index contributed by atoms with van der Waals surface area (Å²) in [5.41, 5.74) is 2.23. The third-order valence-corrected chi connectivity index (χ3v) is 3.58. The highest BCUT2D eigenvalue weighted by Gasteiger charge is 2.13. The van der Waals surface area contributed by atoms with E-state index in [1.807, 2.05) is 45.0 Å². The standard InChI is InChI=1S/C18H22BrNO2/c1-4-21-17-11-14(10-16(19)18(17)22-13(2)3)12-20-15-8-6-5-7-9-15/h5-11,13,20H,4,12H2,1-3H3. The number of halogens is 1. The third kappa shape index (κ3) is 4.67. The Labute approximate surface area is 140 Å². The van der Waals surface area contributed by atoms with Gasteiger partial charge in [0.05, 0.1) is 17.2 Å². The van der Waals surface area contributed by atoms with Gasteiger partial charge in [0.1, 0.15) is 0 Å². The number of hydrogen-bond donors (Lipinski definition) is 1. The lowest BCUT2D eigenvalue weighted by molar-refractivity contribution is 0.222. The molecule has 1 N–H and O–H groups in total. The monoisotopic (exact) mass is 363 g/mol. The number of rotatable bonds is 7. The molecule has 0 aliphatic carbocycles. The van der Waals surface area contributed by atoms with E-state index in [0.717, 1.165) is 33.8 Å².